The minimum absolute atomic E-state index is 0.267. The highest BCUT2D eigenvalue weighted by atomic mass is 16.5. The fourth-order valence-electron chi connectivity index (χ4n) is 3.11. The van der Waals surface area contributed by atoms with Crippen LogP contribution in [-0.2, 0) is 28.9 Å². The Labute approximate surface area is 115 Å². The normalized spacial score (nSPS) is 26.4. The van der Waals surface area contributed by atoms with Crippen LogP contribution >= 0.6 is 0 Å². The molecule has 3 nitrogen and oxygen atoms in total. The van der Waals surface area contributed by atoms with Gasteiger partial charge in [-0.05, 0) is 48.8 Å². The molecule has 3 rings (SSSR count). The first-order chi connectivity index (χ1) is 9.31. The molecule has 3 heteroatoms. The lowest BCUT2D eigenvalue weighted by Gasteiger charge is -2.36. The molecule has 1 unspecified atom stereocenters. The first kappa shape index (κ1) is 13.1. The number of fused-ring (bicyclic) bond motifs is 1. The van der Waals surface area contributed by atoms with Gasteiger partial charge in [0.25, 0.3) is 0 Å². The Hall–Kier alpha value is -0.900. The van der Waals surface area contributed by atoms with Gasteiger partial charge in [0, 0.05) is 13.2 Å². The molecular formula is C16H23NO2. The monoisotopic (exact) mass is 261 g/mol. The molecule has 2 N–H and O–H groups in total. The standard InChI is InChI=1S/C16H23NO2/c17-11-16(7-2-8-18-12-16)19-10-13-5-6-14-3-1-4-15(14)9-13/h5-6,9H,1-4,7-8,10-12,17H2. The summed E-state index contributed by atoms with van der Waals surface area (Å²) < 4.78 is 11.6. The van der Waals surface area contributed by atoms with E-state index < -0.39 is 0 Å². The van der Waals surface area contributed by atoms with Crippen molar-refractivity contribution in [2.24, 2.45) is 5.73 Å². The van der Waals surface area contributed by atoms with Crippen molar-refractivity contribution in [2.75, 3.05) is 19.8 Å². The minimum atomic E-state index is -0.267. The number of hydrogen-bond donors (Lipinski definition) is 1. The van der Waals surface area contributed by atoms with Gasteiger partial charge in [0.05, 0.1) is 13.2 Å². The first-order valence-electron chi connectivity index (χ1n) is 7.34. The molecule has 1 aliphatic heterocycles. The fraction of sp³-hybridized carbons (Fsp3) is 0.625. The molecule has 1 heterocycles. The van der Waals surface area contributed by atoms with Crippen molar-refractivity contribution in [1.82, 2.24) is 0 Å². The molecule has 104 valence electrons. The smallest absolute Gasteiger partial charge is 0.104 e. The van der Waals surface area contributed by atoms with E-state index in [1.165, 1.54) is 36.0 Å². The summed E-state index contributed by atoms with van der Waals surface area (Å²) in [4.78, 5) is 0. The van der Waals surface area contributed by atoms with Crippen LogP contribution in [0, 0.1) is 0 Å². The van der Waals surface area contributed by atoms with Crippen LogP contribution in [0.4, 0.5) is 0 Å². The second-order valence-electron chi connectivity index (χ2n) is 5.79. The van der Waals surface area contributed by atoms with Crippen molar-refractivity contribution in [3.05, 3.63) is 34.9 Å². The van der Waals surface area contributed by atoms with E-state index in [1.54, 1.807) is 0 Å². The number of benzene rings is 1. The maximum atomic E-state index is 6.12. The van der Waals surface area contributed by atoms with Crippen LogP contribution in [0.5, 0.6) is 0 Å². The van der Waals surface area contributed by atoms with Gasteiger partial charge in [-0.2, -0.15) is 0 Å². The van der Waals surface area contributed by atoms with E-state index in [1.807, 2.05) is 0 Å². The van der Waals surface area contributed by atoms with Gasteiger partial charge in [0.2, 0.25) is 0 Å². The number of ether oxygens (including phenoxy) is 2. The van der Waals surface area contributed by atoms with Gasteiger partial charge >= 0.3 is 0 Å². The minimum Gasteiger partial charge on any atom is -0.378 e. The van der Waals surface area contributed by atoms with E-state index in [4.69, 9.17) is 15.2 Å². The lowest BCUT2D eigenvalue weighted by atomic mass is 9.96. The molecule has 1 fully saturated rings. The summed E-state index contributed by atoms with van der Waals surface area (Å²) in [5.41, 5.74) is 9.90. The molecule has 1 aromatic rings. The van der Waals surface area contributed by atoms with E-state index in [2.05, 4.69) is 18.2 Å². The third-order valence-corrected chi connectivity index (χ3v) is 4.37. The van der Waals surface area contributed by atoms with Crippen LogP contribution in [0.2, 0.25) is 0 Å². The van der Waals surface area contributed by atoms with Crippen molar-refractivity contribution >= 4 is 0 Å². The van der Waals surface area contributed by atoms with Crippen molar-refractivity contribution in [3.8, 4) is 0 Å². The molecule has 2 aliphatic rings. The Balaban J connectivity index is 1.65. The van der Waals surface area contributed by atoms with Gasteiger partial charge in [0.1, 0.15) is 5.60 Å². The molecule has 1 atom stereocenters. The number of nitrogens with two attached hydrogens (primary N) is 1. The second kappa shape index (κ2) is 5.61. The van der Waals surface area contributed by atoms with Crippen LogP contribution in [0.15, 0.2) is 18.2 Å². The summed E-state index contributed by atoms with van der Waals surface area (Å²) in [5, 5.41) is 0. The van der Waals surface area contributed by atoms with Gasteiger partial charge in [0.15, 0.2) is 0 Å². The molecule has 0 bridgehead atoms. The lowest BCUT2D eigenvalue weighted by molar-refractivity contribution is -0.130. The quantitative estimate of drug-likeness (QED) is 0.903. The zero-order valence-electron chi connectivity index (χ0n) is 11.5. The molecule has 0 radical (unpaired) electrons. The van der Waals surface area contributed by atoms with Gasteiger partial charge in [-0.3, -0.25) is 0 Å². The van der Waals surface area contributed by atoms with Crippen molar-refractivity contribution in [1.29, 1.82) is 0 Å². The van der Waals surface area contributed by atoms with E-state index in [0.29, 0.717) is 19.8 Å². The molecule has 0 saturated carbocycles. The highest BCUT2D eigenvalue weighted by Crippen LogP contribution is 2.26. The lowest BCUT2D eigenvalue weighted by Crippen LogP contribution is -2.47. The summed E-state index contributed by atoms with van der Waals surface area (Å²) in [7, 11) is 0. The molecule has 19 heavy (non-hydrogen) atoms. The Morgan fingerprint density at radius 3 is 2.89 bits per heavy atom. The van der Waals surface area contributed by atoms with E-state index in [9.17, 15) is 0 Å². The Morgan fingerprint density at radius 2 is 2.11 bits per heavy atom. The molecule has 1 aliphatic carbocycles. The molecule has 0 aromatic heterocycles. The van der Waals surface area contributed by atoms with Crippen LogP contribution < -0.4 is 5.73 Å². The molecule has 0 amide bonds. The van der Waals surface area contributed by atoms with Crippen molar-refractivity contribution in [3.63, 3.8) is 0 Å². The second-order valence-corrected chi connectivity index (χ2v) is 5.79. The average Bonchev–Trinajstić information content (AvgIpc) is 2.93. The van der Waals surface area contributed by atoms with Crippen LogP contribution in [0.1, 0.15) is 36.0 Å². The van der Waals surface area contributed by atoms with Gasteiger partial charge in [-0.15, -0.1) is 0 Å². The summed E-state index contributed by atoms with van der Waals surface area (Å²) in [6.45, 7) is 2.66. The zero-order valence-corrected chi connectivity index (χ0v) is 11.5. The molecule has 1 aromatic carbocycles. The van der Waals surface area contributed by atoms with Gasteiger partial charge < -0.3 is 15.2 Å². The van der Waals surface area contributed by atoms with Gasteiger partial charge in [-0.25, -0.2) is 0 Å². The zero-order chi connectivity index (χ0) is 13.1. The maximum absolute atomic E-state index is 6.12. The van der Waals surface area contributed by atoms with Crippen LogP contribution in [0.25, 0.3) is 0 Å². The summed E-state index contributed by atoms with van der Waals surface area (Å²) >= 11 is 0. The van der Waals surface area contributed by atoms with E-state index in [0.717, 1.165) is 19.4 Å². The number of rotatable bonds is 4. The largest absolute Gasteiger partial charge is 0.378 e. The van der Waals surface area contributed by atoms with Crippen molar-refractivity contribution in [2.45, 2.75) is 44.3 Å². The first-order valence-corrected chi connectivity index (χ1v) is 7.34. The third-order valence-electron chi connectivity index (χ3n) is 4.37. The SMILES string of the molecule is NCC1(OCc2ccc3c(c2)CCC3)CCCOC1. The topological polar surface area (TPSA) is 44.5 Å². The number of aryl methyl sites for hydroxylation is 2. The van der Waals surface area contributed by atoms with E-state index in [-0.39, 0.29) is 5.60 Å². The predicted octanol–water partition coefficient (Wildman–Crippen LogP) is 2.20. The fourth-order valence-corrected chi connectivity index (χ4v) is 3.11. The Morgan fingerprint density at radius 1 is 1.21 bits per heavy atom. The summed E-state index contributed by atoms with van der Waals surface area (Å²) in [6, 6.07) is 6.75. The van der Waals surface area contributed by atoms with Crippen molar-refractivity contribution < 1.29 is 9.47 Å². The van der Waals surface area contributed by atoms with Crippen LogP contribution in [-0.4, -0.2) is 25.4 Å². The van der Waals surface area contributed by atoms with Crippen LogP contribution in [0.3, 0.4) is 0 Å². The van der Waals surface area contributed by atoms with E-state index >= 15 is 0 Å². The summed E-state index contributed by atoms with van der Waals surface area (Å²) in [6.07, 6.45) is 5.79. The third kappa shape index (κ3) is 2.83. The maximum Gasteiger partial charge on any atom is 0.104 e. The molecule has 0 spiro atoms. The predicted molar refractivity (Wildman–Crippen MR) is 75.1 cm³/mol. The molecular weight excluding hydrogens is 238 g/mol. The summed E-state index contributed by atoms with van der Waals surface area (Å²) in [5.74, 6) is 0. The Bertz CT molecular complexity index is 438. The highest BCUT2D eigenvalue weighted by Gasteiger charge is 2.32. The van der Waals surface area contributed by atoms with Gasteiger partial charge in [-0.1, -0.05) is 18.2 Å². The number of hydrogen-bond acceptors (Lipinski definition) is 3. The molecule has 1 saturated heterocycles. The highest BCUT2D eigenvalue weighted by molar-refractivity contribution is 5.35. The Kier molecular flexibility index (Phi) is 3.87. The average molecular weight is 261 g/mol.